The fourth-order valence-electron chi connectivity index (χ4n) is 1.00. The van der Waals surface area contributed by atoms with Gasteiger partial charge in [0.15, 0.2) is 0 Å². The molecule has 0 fully saturated rings. The lowest BCUT2D eigenvalue weighted by Gasteiger charge is -2.08. The summed E-state index contributed by atoms with van der Waals surface area (Å²) >= 11 is 0. The van der Waals surface area contributed by atoms with E-state index >= 15 is 0 Å². The Labute approximate surface area is 78.8 Å². The van der Waals surface area contributed by atoms with E-state index in [0.29, 0.717) is 13.0 Å². The smallest absolute Gasteiger partial charge is 0.0720 e. The monoisotopic (exact) mass is 175 g/mol. The van der Waals surface area contributed by atoms with E-state index in [1.807, 2.05) is 37.3 Å². The predicted molar refractivity (Wildman–Crippen MR) is 50.9 cm³/mol. The number of hydrogen-bond donors (Lipinski definition) is 0. The van der Waals surface area contributed by atoms with Crippen molar-refractivity contribution < 1.29 is 4.74 Å². The molecule has 0 aliphatic carbocycles. The number of ether oxygens (including phenoxy) is 1. The minimum absolute atomic E-state index is 0.0187. The van der Waals surface area contributed by atoms with Crippen molar-refractivity contribution >= 4 is 0 Å². The first-order valence-corrected chi connectivity index (χ1v) is 4.35. The summed E-state index contributed by atoms with van der Waals surface area (Å²) in [6.45, 7) is 2.50. The Morgan fingerprint density at radius 1 is 1.38 bits per heavy atom. The molecule has 0 aromatic heterocycles. The molecular formula is C11H13NO. The van der Waals surface area contributed by atoms with Gasteiger partial charge in [-0.2, -0.15) is 5.26 Å². The van der Waals surface area contributed by atoms with Gasteiger partial charge in [0.1, 0.15) is 0 Å². The van der Waals surface area contributed by atoms with Gasteiger partial charge in [-0.05, 0) is 12.5 Å². The summed E-state index contributed by atoms with van der Waals surface area (Å²) in [7, 11) is 0. The topological polar surface area (TPSA) is 33.0 Å². The van der Waals surface area contributed by atoms with Crippen LogP contribution in [-0.4, -0.2) is 6.10 Å². The second kappa shape index (κ2) is 5.34. The molecule has 68 valence electrons. The van der Waals surface area contributed by atoms with Crippen molar-refractivity contribution in [2.45, 2.75) is 26.1 Å². The van der Waals surface area contributed by atoms with Gasteiger partial charge >= 0.3 is 0 Å². The molecule has 0 heterocycles. The molecule has 2 nitrogen and oxygen atoms in total. The Kier molecular flexibility index (Phi) is 4.01. The lowest BCUT2D eigenvalue weighted by atomic mass is 10.2. The van der Waals surface area contributed by atoms with Crippen LogP contribution in [0.4, 0.5) is 0 Å². The lowest BCUT2D eigenvalue weighted by Crippen LogP contribution is -2.06. The van der Waals surface area contributed by atoms with Crippen molar-refractivity contribution in [3.05, 3.63) is 35.9 Å². The molecule has 0 aliphatic heterocycles. The highest BCUT2D eigenvalue weighted by atomic mass is 16.5. The molecule has 1 aromatic carbocycles. The Balaban J connectivity index is 2.32. The van der Waals surface area contributed by atoms with Crippen LogP contribution in [-0.2, 0) is 11.3 Å². The quantitative estimate of drug-likeness (QED) is 0.704. The first kappa shape index (κ1) is 9.76. The van der Waals surface area contributed by atoms with Gasteiger partial charge in [-0.1, -0.05) is 30.3 Å². The molecular weight excluding hydrogens is 162 g/mol. The molecule has 0 amide bonds. The van der Waals surface area contributed by atoms with Crippen molar-refractivity contribution in [3.8, 4) is 6.07 Å². The highest BCUT2D eigenvalue weighted by Gasteiger charge is 2.00. The third kappa shape index (κ3) is 3.73. The SMILES string of the molecule is C[C@@H](CC#N)OCc1ccccc1. The van der Waals surface area contributed by atoms with E-state index in [4.69, 9.17) is 10.00 Å². The molecule has 0 saturated carbocycles. The van der Waals surface area contributed by atoms with Crippen molar-refractivity contribution in [2.24, 2.45) is 0 Å². The maximum Gasteiger partial charge on any atom is 0.0720 e. The third-order valence-electron chi connectivity index (χ3n) is 1.76. The summed E-state index contributed by atoms with van der Waals surface area (Å²) in [4.78, 5) is 0. The van der Waals surface area contributed by atoms with Crippen LogP contribution in [0.1, 0.15) is 18.9 Å². The molecule has 0 bridgehead atoms. The summed E-state index contributed by atoms with van der Waals surface area (Å²) in [5.41, 5.74) is 1.15. The standard InChI is InChI=1S/C11H13NO/c1-10(7-8-12)13-9-11-5-3-2-4-6-11/h2-6,10H,7,9H2,1H3/t10-/m0/s1. The molecule has 0 aliphatic rings. The Morgan fingerprint density at radius 2 is 2.08 bits per heavy atom. The van der Waals surface area contributed by atoms with E-state index in [-0.39, 0.29) is 6.10 Å². The molecule has 0 spiro atoms. The summed E-state index contributed by atoms with van der Waals surface area (Å²) in [6, 6.07) is 12.0. The average molecular weight is 175 g/mol. The fraction of sp³-hybridized carbons (Fsp3) is 0.364. The average Bonchev–Trinajstić information content (AvgIpc) is 2.17. The molecule has 1 rings (SSSR count). The molecule has 0 saturated heterocycles. The Bertz CT molecular complexity index is 276. The zero-order chi connectivity index (χ0) is 9.52. The molecule has 0 radical (unpaired) electrons. The maximum absolute atomic E-state index is 8.40. The van der Waals surface area contributed by atoms with Gasteiger partial charge in [-0.3, -0.25) is 0 Å². The van der Waals surface area contributed by atoms with E-state index < -0.39 is 0 Å². The summed E-state index contributed by atoms with van der Waals surface area (Å²) in [5, 5.41) is 8.40. The highest BCUT2D eigenvalue weighted by molar-refractivity contribution is 5.13. The first-order chi connectivity index (χ1) is 6.33. The van der Waals surface area contributed by atoms with Crippen LogP contribution < -0.4 is 0 Å². The van der Waals surface area contributed by atoms with Gasteiger partial charge in [-0.15, -0.1) is 0 Å². The predicted octanol–water partition coefficient (Wildman–Crippen LogP) is 2.51. The van der Waals surface area contributed by atoms with E-state index in [1.165, 1.54) is 0 Å². The van der Waals surface area contributed by atoms with Crippen LogP contribution in [0.5, 0.6) is 0 Å². The van der Waals surface area contributed by atoms with Gasteiger partial charge in [0, 0.05) is 0 Å². The van der Waals surface area contributed by atoms with E-state index in [2.05, 4.69) is 6.07 Å². The zero-order valence-electron chi connectivity index (χ0n) is 7.73. The zero-order valence-corrected chi connectivity index (χ0v) is 7.73. The second-order valence-electron chi connectivity index (χ2n) is 2.97. The van der Waals surface area contributed by atoms with Crippen molar-refractivity contribution in [3.63, 3.8) is 0 Å². The largest absolute Gasteiger partial charge is 0.373 e. The molecule has 0 unspecified atom stereocenters. The van der Waals surface area contributed by atoms with Crippen molar-refractivity contribution in [2.75, 3.05) is 0 Å². The molecule has 0 N–H and O–H groups in total. The lowest BCUT2D eigenvalue weighted by molar-refractivity contribution is 0.0563. The van der Waals surface area contributed by atoms with Crippen molar-refractivity contribution in [1.82, 2.24) is 0 Å². The highest BCUT2D eigenvalue weighted by Crippen LogP contribution is 2.04. The molecule has 13 heavy (non-hydrogen) atoms. The third-order valence-corrected chi connectivity index (χ3v) is 1.76. The minimum atomic E-state index is 0.0187. The van der Waals surface area contributed by atoms with Crippen LogP contribution in [0.3, 0.4) is 0 Å². The Hall–Kier alpha value is -1.33. The van der Waals surface area contributed by atoms with E-state index in [1.54, 1.807) is 0 Å². The Morgan fingerprint density at radius 3 is 2.69 bits per heavy atom. The van der Waals surface area contributed by atoms with Gasteiger partial charge < -0.3 is 4.74 Å². The van der Waals surface area contributed by atoms with Crippen LogP contribution >= 0.6 is 0 Å². The maximum atomic E-state index is 8.40. The fourth-order valence-corrected chi connectivity index (χ4v) is 1.00. The van der Waals surface area contributed by atoms with Gasteiger partial charge in [0.05, 0.1) is 25.2 Å². The second-order valence-corrected chi connectivity index (χ2v) is 2.97. The van der Waals surface area contributed by atoms with Gasteiger partial charge in [0.25, 0.3) is 0 Å². The number of nitrogens with zero attached hydrogens (tertiary/aromatic N) is 1. The summed E-state index contributed by atoms with van der Waals surface area (Å²) in [6.07, 6.45) is 0.470. The number of benzene rings is 1. The number of rotatable bonds is 4. The van der Waals surface area contributed by atoms with E-state index in [0.717, 1.165) is 5.56 Å². The minimum Gasteiger partial charge on any atom is -0.373 e. The van der Waals surface area contributed by atoms with Crippen LogP contribution in [0.2, 0.25) is 0 Å². The molecule has 1 atom stereocenters. The van der Waals surface area contributed by atoms with Crippen molar-refractivity contribution in [1.29, 1.82) is 5.26 Å². The molecule has 2 heteroatoms. The first-order valence-electron chi connectivity index (χ1n) is 4.35. The van der Waals surface area contributed by atoms with Crippen LogP contribution in [0, 0.1) is 11.3 Å². The van der Waals surface area contributed by atoms with Crippen LogP contribution in [0.25, 0.3) is 0 Å². The summed E-state index contributed by atoms with van der Waals surface area (Å²) < 4.78 is 5.45. The van der Waals surface area contributed by atoms with E-state index in [9.17, 15) is 0 Å². The number of hydrogen-bond acceptors (Lipinski definition) is 2. The summed E-state index contributed by atoms with van der Waals surface area (Å²) in [5.74, 6) is 0. The number of nitriles is 1. The van der Waals surface area contributed by atoms with Crippen LogP contribution in [0.15, 0.2) is 30.3 Å². The van der Waals surface area contributed by atoms with Gasteiger partial charge in [0.2, 0.25) is 0 Å². The molecule has 1 aromatic rings. The normalized spacial score (nSPS) is 12.0. The van der Waals surface area contributed by atoms with Gasteiger partial charge in [-0.25, -0.2) is 0 Å².